The molecule has 10 heavy (non-hydrogen) atoms. The van der Waals surface area contributed by atoms with Gasteiger partial charge in [0.1, 0.15) is 6.04 Å². The van der Waals surface area contributed by atoms with Crippen molar-refractivity contribution in [3.05, 3.63) is 10.4 Å². The largest absolute Gasteiger partial charge is 0.198 e. The Hall–Kier alpha value is -1.20. The molecule has 0 saturated carbocycles. The molecule has 54 valence electrons. The van der Waals surface area contributed by atoms with Gasteiger partial charge in [0, 0.05) is 4.91 Å². The summed E-state index contributed by atoms with van der Waals surface area (Å²) in [5, 5.41) is 11.7. The molecule has 0 spiro atoms. The fourth-order valence-electron chi connectivity index (χ4n) is 0.635. The molecule has 0 rings (SSSR count). The van der Waals surface area contributed by atoms with E-state index >= 15 is 0 Å². The van der Waals surface area contributed by atoms with Crippen LogP contribution in [0.5, 0.6) is 0 Å². The third-order valence-corrected chi connectivity index (χ3v) is 1.03. The Balaban J connectivity index is 3.86. The summed E-state index contributed by atoms with van der Waals surface area (Å²) in [6.45, 7) is 3.97. The third-order valence-electron chi connectivity index (χ3n) is 1.03. The summed E-state index contributed by atoms with van der Waals surface area (Å²) in [5.41, 5.74) is 7.99. The van der Waals surface area contributed by atoms with Crippen LogP contribution in [-0.2, 0) is 0 Å². The summed E-state index contributed by atoms with van der Waals surface area (Å²) in [6.07, 6.45) is 0.639. The van der Waals surface area contributed by atoms with Crippen molar-refractivity contribution in [2.75, 3.05) is 0 Å². The molecule has 0 aromatic carbocycles. The second-order valence-corrected chi connectivity index (χ2v) is 2.48. The molecule has 0 saturated heterocycles. The summed E-state index contributed by atoms with van der Waals surface area (Å²) in [7, 11) is 0. The zero-order chi connectivity index (χ0) is 7.98. The van der Waals surface area contributed by atoms with Crippen molar-refractivity contribution in [2.24, 2.45) is 11.0 Å². The standard InChI is InChI=1S/C6H10N4/c1-5(2)3-6(4-7)9-10-8/h5-6H,3H2,1-2H3. The van der Waals surface area contributed by atoms with Gasteiger partial charge in [-0.15, -0.1) is 0 Å². The summed E-state index contributed by atoms with van der Waals surface area (Å²) < 4.78 is 0. The second-order valence-electron chi connectivity index (χ2n) is 2.48. The maximum atomic E-state index is 8.39. The normalized spacial score (nSPS) is 11.8. The van der Waals surface area contributed by atoms with Gasteiger partial charge >= 0.3 is 0 Å². The van der Waals surface area contributed by atoms with Gasteiger partial charge in [0.25, 0.3) is 0 Å². The van der Waals surface area contributed by atoms with E-state index in [0.29, 0.717) is 12.3 Å². The number of azide groups is 1. The summed E-state index contributed by atoms with van der Waals surface area (Å²) in [6, 6.07) is 1.42. The van der Waals surface area contributed by atoms with Crippen LogP contribution in [0, 0.1) is 17.2 Å². The van der Waals surface area contributed by atoms with Crippen molar-refractivity contribution in [2.45, 2.75) is 26.3 Å². The molecule has 0 aliphatic carbocycles. The highest BCUT2D eigenvalue weighted by atomic mass is 15.1. The van der Waals surface area contributed by atoms with E-state index < -0.39 is 6.04 Å². The van der Waals surface area contributed by atoms with Gasteiger partial charge in [0.2, 0.25) is 0 Å². The van der Waals surface area contributed by atoms with E-state index in [-0.39, 0.29) is 0 Å². The van der Waals surface area contributed by atoms with Crippen molar-refractivity contribution < 1.29 is 0 Å². The van der Waals surface area contributed by atoms with Crippen LogP contribution < -0.4 is 0 Å². The molecule has 0 fully saturated rings. The zero-order valence-electron chi connectivity index (χ0n) is 6.15. The molecule has 0 aliphatic heterocycles. The lowest BCUT2D eigenvalue weighted by Gasteiger charge is -2.03. The Kier molecular flexibility index (Phi) is 4.10. The van der Waals surface area contributed by atoms with Crippen molar-refractivity contribution in [3.8, 4) is 6.07 Å². The summed E-state index contributed by atoms with van der Waals surface area (Å²) in [4.78, 5) is 2.56. The lowest BCUT2D eigenvalue weighted by atomic mass is 10.1. The first-order valence-corrected chi connectivity index (χ1v) is 3.14. The molecule has 0 bridgehead atoms. The smallest absolute Gasteiger partial charge is 0.125 e. The van der Waals surface area contributed by atoms with Gasteiger partial charge in [0.05, 0.1) is 6.07 Å². The van der Waals surface area contributed by atoms with Gasteiger partial charge in [-0.2, -0.15) is 5.26 Å². The van der Waals surface area contributed by atoms with Gasteiger partial charge in [-0.25, -0.2) is 0 Å². The van der Waals surface area contributed by atoms with Crippen LogP contribution in [0.3, 0.4) is 0 Å². The second kappa shape index (κ2) is 4.66. The van der Waals surface area contributed by atoms with E-state index in [9.17, 15) is 0 Å². The molecule has 0 aliphatic rings. The highest BCUT2D eigenvalue weighted by molar-refractivity contribution is 4.90. The van der Waals surface area contributed by atoms with E-state index in [4.69, 9.17) is 10.8 Å². The number of nitrogens with zero attached hydrogens (tertiary/aromatic N) is 4. The zero-order valence-corrected chi connectivity index (χ0v) is 6.15. The Morgan fingerprint density at radius 3 is 2.60 bits per heavy atom. The first-order valence-electron chi connectivity index (χ1n) is 3.14. The predicted molar refractivity (Wildman–Crippen MR) is 38.0 cm³/mol. The quantitative estimate of drug-likeness (QED) is 0.335. The Morgan fingerprint density at radius 1 is 1.70 bits per heavy atom. The van der Waals surface area contributed by atoms with E-state index in [0.717, 1.165) is 0 Å². The van der Waals surface area contributed by atoms with Gasteiger partial charge in [0.15, 0.2) is 0 Å². The van der Waals surface area contributed by atoms with E-state index in [2.05, 4.69) is 10.0 Å². The Bertz CT molecular complexity index is 173. The fraction of sp³-hybridized carbons (Fsp3) is 0.833. The number of hydrogen-bond donors (Lipinski definition) is 0. The van der Waals surface area contributed by atoms with E-state index in [1.807, 2.05) is 19.9 Å². The number of hydrogen-bond acceptors (Lipinski definition) is 2. The number of rotatable bonds is 3. The highest BCUT2D eigenvalue weighted by Crippen LogP contribution is 2.06. The molecule has 0 aromatic heterocycles. The lowest BCUT2D eigenvalue weighted by molar-refractivity contribution is 0.550. The Labute approximate surface area is 60.1 Å². The topological polar surface area (TPSA) is 72.5 Å². The van der Waals surface area contributed by atoms with Crippen LogP contribution in [0.2, 0.25) is 0 Å². The molecule has 1 atom stereocenters. The van der Waals surface area contributed by atoms with Crippen molar-refractivity contribution in [3.63, 3.8) is 0 Å². The van der Waals surface area contributed by atoms with Crippen molar-refractivity contribution in [1.29, 1.82) is 5.26 Å². The molecule has 0 aromatic rings. The maximum absolute atomic E-state index is 8.39. The third kappa shape index (κ3) is 3.76. The minimum absolute atomic E-state index is 0.398. The maximum Gasteiger partial charge on any atom is 0.125 e. The van der Waals surface area contributed by atoms with Crippen LogP contribution >= 0.6 is 0 Å². The molecule has 4 heteroatoms. The van der Waals surface area contributed by atoms with Gasteiger partial charge in [-0.1, -0.05) is 19.0 Å². The van der Waals surface area contributed by atoms with Gasteiger partial charge in [-0.05, 0) is 17.9 Å². The van der Waals surface area contributed by atoms with Gasteiger partial charge in [-0.3, -0.25) is 0 Å². The lowest BCUT2D eigenvalue weighted by Crippen LogP contribution is -2.03. The number of nitriles is 1. The first-order chi connectivity index (χ1) is 4.70. The van der Waals surface area contributed by atoms with E-state index in [1.54, 1.807) is 0 Å². The molecule has 1 unspecified atom stereocenters. The predicted octanol–water partition coefficient (Wildman–Crippen LogP) is 2.23. The van der Waals surface area contributed by atoms with Crippen molar-refractivity contribution >= 4 is 0 Å². The minimum atomic E-state index is -0.495. The fourth-order valence-corrected chi connectivity index (χ4v) is 0.635. The molecule has 0 amide bonds. The van der Waals surface area contributed by atoms with Crippen LogP contribution in [0.4, 0.5) is 0 Å². The molecule has 4 nitrogen and oxygen atoms in total. The van der Waals surface area contributed by atoms with Crippen LogP contribution in [-0.4, -0.2) is 6.04 Å². The SMILES string of the molecule is CC(C)CC(C#N)N=[N+]=[N-]. The molecular formula is C6H10N4. The summed E-state index contributed by atoms with van der Waals surface area (Å²) >= 11 is 0. The van der Waals surface area contributed by atoms with Crippen LogP contribution in [0.25, 0.3) is 10.4 Å². The molecule has 0 heterocycles. The van der Waals surface area contributed by atoms with Crippen molar-refractivity contribution in [1.82, 2.24) is 0 Å². The average Bonchev–Trinajstić information content (AvgIpc) is 1.86. The van der Waals surface area contributed by atoms with Crippen LogP contribution in [0.15, 0.2) is 5.11 Å². The monoisotopic (exact) mass is 138 g/mol. The molecule has 0 radical (unpaired) electrons. The average molecular weight is 138 g/mol. The van der Waals surface area contributed by atoms with Gasteiger partial charge < -0.3 is 0 Å². The van der Waals surface area contributed by atoms with E-state index in [1.165, 1.54) is 0 Å². The molecular weight excluding hydrogens is 128 g/mol. The highest BCUT2D eigenvalue weighted by Gasteiger charge is 2.05. The minimum Gasteiger partial charge on any atom is -0.198 e. The first kappa shape index (κ1) is 8.80. The Morgan fingerprint density at radius 2 is 2.30 bits per heavy atom. The summed E-state index contributed by atoms with van der Waals surface area (Å²) in [5.74, 6) is 0.398. The molecule has 0 N–H and O–H groups in total. The van der Waals surface area contributed by atoms with Crippen LogP contribution in [0.1, 0.15) is 20.3 Å².